The second-order valence-corrected chi connectivity index (χ2v) is 9.20. The smallest absolute Gasteiger partial charge is 0.255 e. The maximum atomic E-state index is 13.6. The largest absolute Gasteiger partial charge is 0.383 e. The molecule has 3 heterocycles. The molecule has 8 heteroatoms. The number of nitrogen functional groups attached to an aromatic ring is 1. The van der Waals surface area contributed by atoms with E-state index < -0.39 is 0 Å². The van der Waals surface area contributed by atoms with E-state index in [1.54, 1.807) is 4.90 Å². The molecule has 178 valence electrons. The van der Waals surface area contributed by atoms with Gasteiger partial charge in [-0.15, -0.1) is 0 Å². The van der Waals surface area contributed by atoms with Gasteiger partial charge in [0.2, 0.25) is 5.91 Å². The number of hydrogen-bond acceptors (Lipinski definition) is 5. The molecule has 1 unspecified atom stereocenters. The molecule has 8 nitrogen and oxygen atoms in total. The van der Waals surface area contributed by atoms with Crippen molar-refractivity contribution in [1.29, 1.82) is 0 Å². The molecule has 35 heavy (non-hydrogen) atoms. The number of nitrogens with one attached hydrogen (secondary N) is 1. The van der Waals surface area contributed by atoms with Crippen molar-refractivity contribution < 1.29 is 9.59 Å². The van der Waals surface area contributed by atoms with Gasteiger partial charge in [-0.2, -0.15) is 0 Å². The van der Waals surface area contributed by atoms with Crippen LogP contribution in [0.1, 0.15) is 53.8 Å². The fourth-order valence-corrected chi connectivity index (χ4v) is 4.73. The van der Waals surface area contributed by atoms with Crippen LogP contribution >= 0.6 is 0 Å². The van der Waals surface area contributed by atoms with E-state index in [4.69, 9.17) is 5.73 Å². The summed E-state index contributed by atoms with van der Waals surface area (Å²) < 4.78 is 1.99. The Labute approximate surface area is 204 Å². The zero-order valence-electron chi connectivity index (χ0n) is 19.7. The molecule has 0 spiro atoms. The average Bonchev–Trinajstić information content (AvgIpc) is 3.53. The third kappa shape index (κ3) is 4.37. The molecule has 1 aliphatic carbocycles. The third-order valence-corrected chi connectivity index (χ3v) is 6.68. The first-order valence-corrected chi connectivity index (χ1v) is 11.9. The molecular formula is C27H28N6O2. The van der Waals surface area contributed by atoms with Crippen molar-refractivity contribution in [1.82, 2.24) is 24.8 Å². The van der Waals surface area contributed by atoms with E-state index in [9.17, 15) is 9.59 Å². The average molecular weight is 469 g/mol. The third-order valence-electron chi connectivity index (χ3n) is 6.68. The van der Waals surface area contributed by atoms with Crippen molar-refractivity contribution in [3.05, 3.63) is 66.1 Å². The summed E-state index contributed by atoms with van der Waals surface area (Å²) in [7, 11) is 0. The molecule has 3 N–H and O–H groups in total. The van der Waals surface area contributed by atoms with Gasteiger partial charge in [-0.05, 0) is 43.7 Å². The predicted molar refractivity (Wildman–Crippen MR) is 134 cm³/mol. The molecule has 0 bridgehead atoms. The molecule has 2 atom stereocenters. The molecular weight excluding hydrogens is 440 g/mol. The highest BCUT2D eigenvalue weighted by Gasteiger charge is 2.36. The Kier molecular flexibility index (Phi) is 6.00. The zero-order valence-corrected chi connectivity index (χ0v) is 19.7. The summed E-state index contributed by atoms with van der Waals surface area (Å²) in [4.78, 5) is 36.5. The number of hydrogen-bond donors (Lipinski definition) is 2. The fourth-order valence-electron chi connectivity index (χ4n) is 4.73. The number of anilines is 1. The first kappa shape index (κ1) is 22.7. The van der Waals surface area contributed by atoms with Gasteiger partial charge in [-0.1, -0.05) is 42.8 Å². The lowest BCUT2D eigenvalue weighted by atomic mass is 10.1. The number of carbonyl (C=O) groups is 2. The van der Waals surface area contributed by atoms with Crippen molar-refractivity contribution in [3.63, 3.8) is 0 Å². The minimum Gasteiger partial charge on any atom is -0.383 e. The van der Waals surface area contributed by atoms with Crippen LogP contribution in [0, 0.1) is 17.8 Å². The van der Waals surface area contributed by atoms with E-state index in [1.807, 2.05) is 41.8 Å². The first-order chi connectivity index (χ1) is 17.0. The highest BCUT2D eigenvalue weighted by atomic mass is 16.2. The van der Waals surface area contributed by atoms with E-state index in [0.717, 1.165) is 18.4 Å². The van der Waals surface area contributed by atoms with Crippen LogP contribution in [0.25, 0.3) is 11.0 Å². The SMILES string of the molecule is C=CC(=O)N1CC(n2c(C#CC3CC3)c(C(=O)NCc3ccccc3)c3c(N)ncnc32)C[C@@H]1C. The van der Waals surface area contributed by atoms with Crippen LogP contribution < -0.4 is 11.1 Å². The number of rotatable bonds is 5. The molecule has 0 radical (unpaired) electrons. The lowest BCUT2D eigenvalue weighted by molar-refractivity contribution is -0.126. The van der Waals surface area contributed by atoms with Crippen molar-refractivity contribution in [3.8, 4) is 11.8 Å². The first-order valence-electron chi connectivity index (χ1n) is 11.9. The molecule has 1 aliphatic heterocycles. The van der Waals surface area contributed by atoms with E-state index in [1.165, 1.54) is 12.4 Å². The summed E-state index contributed by atoms with van der Waals surface area (Å²) >= 11 is 0. The number of likely N-dealkylation sites (tertiary alicyclic amines) is 1. The lowest BCUT2D eigenvalue weighted by Gasteiger charge is -2.19. The predicted octanol–water partition coefficient (Wildman–Crippen LogP) is 3.05. The summed E-state index contributed by atoms with van der Waals surface area (Å²) in [5, 5.41) is 3.52. The van der Waals surface area contributed by atoms with Gasteiger partial charge in [-0.3, -0.25) is 9.59 Å². The van der Waals surface area contributed by atoms with Gasteiger partial charge in [0.15, 0.2) is 0 Å². The van der Waals surface area contributed by atoms with Gasteiger partial charge in [0.25, 0.3) is 5.91 Å². The topological polar surface area (TPSA) is 106 Å². The maximum Gasteiger partial charge on any atom is 0.255 e. The Morgan fingerprint density at radius 1 is 1.26 bits per heavy atom. The summed E-state index contributed by atoms with van der Waals surface area (Å²) in [5.41, 5.74) is 8.83. The monoisotopic (exact) mass is 468 g/mol. The van der Waals surface area contributed by atoms with Crippen LogP contribution in [0.3, 0.4) is 0 Å². The Hall–Kier alpha value is -4.12. The summed E-state index contributed by atoms with van der Waals surface area (Å²) in [6.07, 6.45) is 5.57. The van der Waals surface area contributed by atoms with Crippen molar-refractivity contribution >= 4 is 28.7 Å². The van der Waals surface area contributed by atoms with E-state index >= 15 is 0 Å². The van der Waals surface area contributed by atoms with Gasteiger partial charge in [-0.25, -0.2) is 9.97 Å². The van der Waals surface area contributed by atoms with Crippen molar-refractivity contribution in [2.75, 3.05) is 12.3 Å². The fraction of sp³-hybridized carbons (Fsp3) is 0.333. The second-order valence-electron chi connectivity index (χ2n) is 9.20. The quantitative estimate of drug-likeness (QED) is 0.442. The summed E-state index contributed by atoms with van der Waals surface area (Å²) in [6, 6.07) is 9.63. The molecule has 3 aromatic rings. The minimum absolute atomic E-state index is 0.0155. The Morgan fingerprint density at radius 2 is 2.03 bits per heavy atom. The second kappa shape index (κ2) is 9.26. The van der Waals surface area contributed by atoms with Gasteiger partial charge in [0.1, 0.15) is 23.5 Å². The van der Waals surface area contributed by atoms with Crippen LogP contribution in [0.15, 0.2) is 49.3 Å². The van der Waals surface area contributed by atoms with Gasteiger partial charge >= 0.3 is 0 Å². The maximum absolute atomic E-state index is 13.6. The van der Waals surface area contributed by atoms with Crippen LogP contribution in [0.5, 0.6) is 0 Å². The summed E-state index contributed by atoms with van der Waals surface area (Å²) in [6.45, 7) is 6.50. The molecule has 1 aromatic carbocycles. The van der Waals surface area contributed by atoms with Gasteiger partial charge in [0.05, 0.1) is 17.0 Å². The normalized spacial score (nSPS) is 19.3. The standard InChI is InChI=1S/C27H28N6O2/c1-3-22(34)32-15-20(13-17(32)2)33-21(12-11-18-9-10-18)23(24-25(28)30-16-31-26(24)33)27(35)29-14-19-7-5-4-6-8-19/h3-8,16-18,20H,1,9-10,13-15H2,2H3,(H,29,35)(H2,28,30,31)/t17-,20?/m0/s1. The molecule has 2 aliphatic rings. The zero-order chi connectivity index (χ0) is 24.5. The molecule has 2 amide bonds. The van der Waals surface area contributed by atoms with Crippen LogP contribution in [0.4, 0.5) is 5.82 Å². The van der Waals surface area contributed by atoms with Gasteiger partial charge in [0, 0.05) is 25.0 Å². The van der Waals surface area contributed by atoms with Crippen LogP contribution in [-0.2, 0) is 11.3 Å². The number of nitrogens with two attached hydrogens (primary N) is 1. The van der Waals surface area contributed by atoms with Crippen LogP contribution in [-0.4, -0.2) is 43.8 Å². The number of fused-ring (bicyclic) bond motifs is 1. The molecule has 5 rings (SSSR count). The number of amides is 2. The lowest BCUT2D eigenvalue weighted by Crippen LogP contribution is -2.32. The number of benzene rings is 1. The Balaban J connectivity index is 1.62. The Bertz CT molecular complexity index is 1360. The number of carbonyl (C=O) groups excluding carboxylic acids is 2. The van der Waals surface area contributed by atoms with Gasteiger partial charge < -0.3 is 20.5 Å². The minimum atomic E-state index is -0.274. The number of aromatic nitrogens is 3. The Morgan fingerprint density at radius 3 is 2.74 bits per heavy atom. The van der Waals surface area contributed by atoms with Crippen LogP contribution in [0.2, 0.25) is 0 Å². The van der Waals surface area contributed by atoms with E-state index in [-0.39, 0.29) is 29.7 Å². The van der Waals surface area contributed by atoms with E-state index in [2.05, 4.69) is 33.7 Å². The highest BCUT2D eigenvalue weighted by molar-refractivity contribution is 6.11. The van der Waals surface area contributed by atoms with Crippen molar-refractivity contribution in [2.24, 2.45) is 5.92 Å². The van der Waals surface area contributed by atoms with Crippen molar-refractivity contribution in [2.45, 2.75) is 44.8 Å². The molecule has 2 fully saturated rings. The number of nitrogens with zero attached hydrogens (tertiary/aromatic N) is 4. The summed E-state index contributed by atoms with van der Waals surface area (Å²) in [5.74, 6) is 6.79. The molecule has 2 aromatic heterocycles. The van der Waals surface area contributed by atoms with E-state index in [0.29, 0.717) is 47.7 Å². The molecule has 1 saturated carbocycles. The highest BCUT2D eigenvalue weighted by Crippen LogP contribution is 2.36. The molecule has 1 saturated heterocycles.